The zero-order valence-corrected chi connectivity index (χ0v) is 6.74. The predicted molar refractivity (Wildman–Crippen MR) is 41.4 cm³/mol. The number of nitrogens with one attached hydrogen (secondary N) is 1. The molecule has 13 heavy (non-hydrogen) atoms. The molecule has 1 aliphatic rings. The Hall–Kier alpha value is -1.90. The molecule has 1 heterocycles. The lowest BCUT2D eigenvalue weighted by molar-refractivity contribution is -0.134. The van der Waals surface area contributed by atoms with E-state index in [0.29, 0.717) is 0 Å². The lowest BCUT2D eigenvalue weighted by Crippen LogP contribution is -2.30. The molecule has 0 fully saturated rings. The van der Waals surface area contributed by atoms with Crippen LogP contribution in [0.5, 0.6) is 0 Å². The van der Waals surface area contributed by atoms with E-state index in [1.807, 2.05) is 0 Å². The molecule has 68 valence electrons. The Kier molecular flexibility index (Phi) is 2.97. The minimum atomic E-state index is -0.651. The number of rotatable bonds is 2. The van der Waals surface area contributed by atoms with Crippen LogP contribution in [-0.4, -0.2) is 24.2 Å². The SMILES string of the molecule is N#CCOC(=O)C1=NNC(=O)CC1. The largest absolute Gasteiger partial charge is 0.446 e. The average Bonchev–Trinajstić information content (AvgIpc) is 2.15. The van der Waals surface area contributed by atoms with E-state index in [1.54, 1.807) is 6.07 Å². The molecule has 1 rings (SSSR count). The van der Waals surface area contributed by atoms with Gasteiger partial charge in [0.05, 0.1) is 0 Å². The van der Waals surface area contributed by atoms with E-state index in [9.17, 15) is 9.59 Å². The van der Waals surface area contributed by atoms with Gasteiger partial charge in [-0.2, -0.15) is 10.4 Å². The lowest BCUT2D eigenvalue weighted by atomic mass is 10.2. The normalized spacial score (nSPS) is 15.3. The molecule has 1 aliphatic heterocycles. The van der Waals surface area contributed by atoms with E-state index in [0.717, 1.165) is 0 Å². The van der Waals surface area contributed by atoms with Crippen LogP contribution in [0.4, 0.5) is 0 Å². The molecule has 0 aromatic rings. The first-order valence-corrected chi connectivity index (χ1v) is 3.63. The number of hydrazone groups is 1. The second-order valence-corrected chi connectivity index (χ2v) is 2.33. The van der Waals surface area contributed by atoms with Gasteiger partial charge in [0.25, 0.3) is 0 Å². The zero-order chi connectivity index (χ0) is 9.68. The highest BCUT2D eigenvalue weighted by Crippen LogP contribution is 2.00. The van der Waals surface area contributed by atoms with E-state index in [-0.39, 0.29) is 31.1 Å². The summed E-state index contributed by atoms with van der Waals surface area (Å²) in [5.41, 5.74) is 2.30. The first-order valence-electron chi connectivity index (χ1n) is 3.63. The van der Waals surface area contributed by atoms with Gasteiger partial charge in [0.2, 0.25) is 5.91 Å². The minimum Gasteiger partial charge on any atom is -0.446 e. The standard InChI is InChI=1S/C7H7N3O3/c8-3-4-13-7(12)5-1-2-6(11)10-9-5/h1-2,4H2,(H,10,11). The molecule has 0 saturated heterocycles. The summed E-state index contributed by atoms with van der Waals surface area (Å²) < 4.78 is 4.48. The van der Waals surface area contributed by atoms with Crippen LogP contribution < -0.4 is 5.43 Å². The van der Waals surface area contributed by atoms with Gasteiger partial charge < -0.3 is 4.74 Å². The third-order valence-corrected chi connectivity index (χ3v) is 1.41. The molecular formula is C7H7N3O3. The Labute approximate surface area is 74.2 Å². The monoisotopic (exact) mass is 181 g/mol. The van der Waals surface area contributed by atoms with E-state index in [1.165, 1.54) is 0 Å². The molecule has 6 heteroatoms. The first kappa shape index (κ1) is 9.19. The van der Waals surface area contributed by atoms with Crippen molar-refractivity contribution in [3.8, 4) is 6.07 Å². The van der Waals surface area contributed by atoms with Crippen molar-refractivity contribution < 1.29 is 14.3 Å². The van der Waals surface area contributed by atoms with Crippen molar-refractivity contribution in [2.24, 2.45) is 5.10 Å². The summed E-state index contributed by atoms with van der Waals surface area (Å²) in [6, 6.07) is 1.66. The lowest BCUT2D eigenvalue weighted by Gasteiger charge is -2.09. The molecule has 0 radical (unpaired) electrons. The molecule has 0 unspecified atom stereocenters. The second kappa shape index (κ2) is 4.21. The quantitative estimate of drug-likeness (QED) is 0.571. The van der Waals surface area contributed by atoms with Crippen LogP contribution in [0.1, 0.15) is 12.8 Å². The number of carbonyl (C=O) groups excluding carboxylic acids is 2. The third kappa shape index (κ3) is 2.56. The maximum absolute atomic E-state index is 11.0. The van der Waals surface area contributed by atoms with Gasteiger partial charge in [-0.1, -0.05) is 0 Å². The number of carbonyl (C=O) groups is 2. The minimum absolute atomic E-state index is 0.148. The van der Waals surface area contributed by atoms with Crippen molar-refractivity contribution in [2.45, 2.75) is 12.8 Å². The molecule has 0 aliphatic carbocycles. The fourth-order valence-corrected chi connectivity index (χ4v) is 0.802. The highest BCUT2D eigenvalue weighted by Gasteiger charge is 2.18. The molecule has 1 N–H and O–H groups in total. The molecule has 0 bridgehead atoms. The van der Waals surface area contributed by atoms with Gasteiger partial charge >= 0.3 is 5.97 Å². The van der Waals surface area contributed by atoms with Gasteiger partial charge in [-0.25, -0.2) is 10.2 Å². The number of hydrogen-bond donors (Lipinski definition) is 1. The van der Waals surface area contributed by atoms with Crippen molar-refractivity contribution in [1.29, 1.82) is 5.26 Å². The molecule has 6 nitrogen and oxygen atoms in total. The van der Waals surface area contributed by atoms with Crippen LogP contribution in [0.25, 0.3) is 0 Å². The fraction of sp³-hybridized carbons (Fsp3) is 0.429. The Balaban J connectivity index is 2.49. The number of nitriles is 1. The van der Waals surface area contributed by atoms with Gasteiger partial charge in [0, 0.05) is 12.8 Å². The van der Waals surface area contributed by atoms with Crippen LogP contribution in [0.3, 0.4) is 0 Å². The molecule has 1 amide bonds. The smallest absolute Gasteiger partial charge is 0.355 e. The average molecular weight is 181 g/mol. The van der Waals surface area contributed by atoms with Crippen LogP contribution in [0.15, 0.2) is 5.10 Å². The number of ether oxygens (including phenoxy) is 1. The Morgan fingerprint density at radius 1 is 1.69 bits per heavy atom. The van der Waals surface area contributed by atoms with Crippen molar-refractivity contribution in [3.63, 3.8) is 0 Å². The predicted octanol–water partition coefficient (Wildman–Crippen LogP) is -0.681. The van der Waals surface area contributed by atoms with E-state index >= 15 is 0 Å². The molecule has 0 saturated carbocycles. The summed E-state index contributed by atoms with van der Waals surface area (Å²) in [6.07, 6.45) is 0.483. The van der Waals surface area contributed by atoms with E-state index < -0.39 is 5.97 Å². The van der Waals surface area contributed by atoms with Gasteiger partial charge in [0.15, 0.2) is 6.61 Å². The zero-order valence-electron chi connectivity index (χ0n) is 6.74. The summed E-state index contributed by atoms with van der Waals surface area (Å²) in [7, 11) is 0. The first-order chi connectivity index (χ1) is 6.24. The van der Waals surface area contributed by atoms with Gasteiger partial charge in [0.1, 0.15) is 11.8 Å². The summed E-state index contributed by atoms with van der Waals surface area (Å²) >= 11 is 0. The number of nitrogens with zero attached hydrogens (tertiary/aromatic N) is 2. The second-order valence-electron chi connectivity index (χ2n) is 2.33. The van der Waals surface area contributed by atoms with Gasteiger partial charge in [-0.3, -0.25) is 4.79 Å². The van der Waals surface area contributed by atoms with Crippen molar-refractivity contribution >= 4 is 17.6 Å². The Morgan fingerprint density at radius 3 is 3.00 bits per heavy atom. The van der Waals surface area contributed by atoms with Crippen LogP contribution in [0.2, 0.25) is 0 Å². The summed E-state index contributed by atoms with van der Waals surface area (Å²) in [5, 5.41) is 11.6. The summed E-state index contributed by atoms with van der Waals surface area (Å²) in [6.45, 7) is -0.300. The van der Waals surface area contributed by atoms with Gasteiger partial charge in [-0.15, -0.1) is 0 Å². The molecule has 0 spiro atoms. The van der Waals surface area contributed by atoms with Gasteiger partial charge in [-0.05, 0) is 0 Å². The molecular weight excluding hydrogens is 174 g/mol. The summed E-state index contributed by atoms with van der Waals surface area (Å²) in [4.78, 5) is 21.6. The molecule has 0 aromatic carbocycles. The van der Waals surface area contributed by atoms with Crippen LogP contribution in [-0.2, 0) is 14.3 Å². The molecule has 0 aromatic heterocycles. The van der Waals surface area contributed by atoms with Crippen LogP contribution in [0, 0.1) is 11.3 Å². The van der Waals surface area contributed by atoms with E-state index in [4.69, 9.17) is 5.26 Å². The maximum Gasteiger partial charge on any atom is 0.355 e. The number of amides is 1. The highest BCUT2D eigenvalue weighted by molar-refractivity contribution is 6.37. The third-order valence-electron chi connectivity index (χ3n) is 1.41. The Bertz CT molecular complexity index is 303. The summed E-state index contributed by atoms with van der Waals surface area (Å²) in [5.74, 6) is -0.876. The van der Waals surface area contributed by atoms with E-state index in [2.05, 4.69) is 15.3 Å². The maximum atomic E-state index is 11.0. The number of hydrogen-bond acceptors (Lipinski definition) is 5. The Morgan fingerprint density at radius 2 is 2.46 bits per heavy atom. The topological polar surface area (TPSA) is 91.5 Å². The van der Waals surface area contributed by atoms with Crippen molar-refractivity contribution in [1.82, 2.24) is 5.43 Å². The van der Waals surface area contributed by atoms with Crippen molar-refractivity contribution in [3.05, 3.63) is 0 Å². The number of esters is 1. The van der Waals surface area contributed by atoms with Crippen molar-refractivity contribution in [2.75, 3.05) is 6.61 Å². The highest BCUT2D eigenvalue weighted by atomic mass is 16.5. The fourth-order valence-electron chi connectivity index (χ4n) is 0.802. The molecule has 0 atom stereocenters. The van der Waals surface area contributed by atoms with Crippen LogP contribution >= 0.6 is 0 Å².